The molecule has 7 nitrogen and oxygen atoms in total. The van der Waals surface area contributed by atoms with Crippen LogP contribution in [0.5, 0.6) is 0 Å². The quantitative estimate of drug-likeness (QED) is 0.741. The van der Waals surface area contributed by atoms with Gasteiger partial charge < -0.3 is 5.32 Å². The monoisotopic (exact) mass is 355 g/mol. The van der Waals surface area contributed by atoms with E-state index in [1.165, 1.54) is 11.3 Å². The third-order valence-corrected chi connectivity index (χ3v) is 4.35. The number of hydrogen-bond donors (Lipinski definition) is 3. The van der Waals surface area contributed by atoms with E-state index in [9.17, 15) is 22.8 Å². The lowest BCUT2D eigenvalue weighted by Crippen LogP contribution is -2.59. The summed E-state index contributed by atoms with van der Waals surface area (Å²) >= 11 is 2.04. The van der Waals surface area contributed by atoms with Crippen LogP contribution in [-0.2, 0) is 9.59 Å². The molecule has 1 fully saturated rings. The van der Waals surface area contributed by atoms with Gasteiger partial charge in [-0.3, -0.25) is 20.2 Å². The van der Waals surface area contributed by atoms with Crippen LogP contribution in [0.25, 0.3) is 0 Å². The van der Waals surface area contributed by atoms with Gasteiger partial charge >= 0.3 is 6.18 Å². The van der Waals surface area contributed by atoms with Crippen LogP contribution in [0.2, 0.25) is 0 Å². The number of anilines is 1. The fourth-order valence-corrected chi connectivity index (χ4v) is 3.11. The zero-order valence-electron chi connectivity index (χ0n) is 11.2. The van der Waals surface area contributed by atoms with Gasteiger partial charge in [0.05, 0.1) is 12.2 Å². The Hall–Kier alpha value is -1.40. The number of nitrogens with zero attached hydrogens (tertiary/aromatic N) is 2. The molecule has 0 bridgehead atoms. The van der Waals surface area contributed by atoms with E-state index < -0.39 is 36.0 Å². The van der Waals surface area contributed by atoms with Gasteiger partial charge in [-0.1, -0.05) is 11.3 Å². The van der Waals surface area contributed by atoms with Gasteiger partial charge in [-0.15, -0.1) is 22.0 Å². The molecule has 0 aromatic carbocycles. The predicted octanol–water partition coefficient (Wildman–Crippen LogP) is 0.842. The third kappa shape index (κ3) is 4.81. The van der Waals surface area contributed by atoms with Gasteiger partial charge in [0.25, 0.3) is 0 Å². The van der Waals surface area contributed by atoms with Crippen LogP contribution in [0.1, 0.15) is 11.4 Å². The van der Waals surface area contributed by atoms with E-state index in [4.69, 9.17) is 0 Å². The highest BCUT2D eigenvalue weighted by Gasteiger charge is 2.44. The number of aromatic nitrogens is 2. The van der Waals surface area contributed by atoms with Crippen molar-refractivity contribution < 1.29 is 22.8 Å². The molecule has 12 heteroatoms. The number of carbonyl (C=O) groups excluding carboxylic acids is 2. The number of hydrogen-bond acceptors (Lipinski definition) is 7. The van der Waals surface area contributed by atoms with Crippen molar-refractivity contribution in [3.05, 3.63) is 5.01 Å². The molecule has 2 rings (SSSR count). The minimum Gasteiger partial charge on any atom is -0.332 e. The average Bonchev–Trinajstić information content (AvgIpc) is 2.80. The van der Waals surface area contributed by atoms with Crippen LogP contribution in [-0.4, -0.2) is 45.5 Å². The van der Waals surface area contributed by atoms with E-state index in [0.29, 0.717) is 10.1 Å². The molecule has 1 aromatic rings. The van der Waals surface area contributed by atoms with E-state index in [2.05, 4.69) is 26.1 Å². The zero-order chi connectivity index (χ0) is 16.3. The molecule has 2 unspecified atom stereocenters. The summed E-state index contributed by atoms with van der Waals surface area (Å²) in [6.45, 7) is 1.72. The zero-order valence-corrected chi connectivity index (χ0v) is 12.9. The summed E-state index contributed by atoms with van der Waals surface area (Å²) in [7, 11) is 0. The molecule has 2 atom stereocenters. The van der Waals surface area contributed by atoms with E-state index in [1.807, 2.05) is 0 Å². The fourth-order valence-electron chi connectivity index (χ4n) is 1.64. The first-order valence-corrected chi connectivity index (χ1v) is 7.94. The molecule has 122 valence electrons. The summed E-state index contributed by atoms with van der Waals surface area (Å²) in [6.07, 6.45) is -5.18. The van der Waals surface area contributed by atoms with Crippen LogP contribution in [0.15, 0.2) is 0 Å². The molecule has 0 saturated carbocycles. The number of nitrogens with one attached hydrogen (secondary N) is 3. The fraction of sp³-hybridized carbons (Fsp3) is 0.600. The maximum atomic E-state index is 12.6. The van der Waals surface area contributed by atoms with Crippen molar-refractivity contribution in [2.24, 2.45) is 0 Å². The van der Waals surface area contributed by atoms with Gasteiger partial charge in [-0.05, 0) is 6.92 Å². The summed E-state index contributed by atoms with van der Waals surface area (Å²) in [4.78, 5) is 23.0. The van der Waals surface area contributed by atoms with Crippen molar-refractivity contribution in [2.45, 2.75) is 31.1 Å². The number of halogens is 3. The van der Waals surface area contributed by atoms with Gasteiger partial charge in [0.15, 0.2) is 0 Å². The topological polar surface area (TPSA) is 96.0 Å². The van der Waals surface area contributed by atoms with Crippen LogP contribution in [0.4, 0.5) is 18.3 Å². The predicted molar refractivity (Wildman–Crippen MR) is 75.3 cm³/mol. The first-order chi connectivity index (χ1) is 10.2. The number of rotatable bonds is 4. The van der Waals surface area contributed by atoms with E-state index in [0.717, 1.165) is 11.8 Å². The van der Waals surface area contributed by atoms with Gasteiger partial charge in [-0.25, -0.2) is 0 Å². The maximum absolute atomic E-state index is 12.6. The van der Waals surface area contributed by atoms with E-state index in [-0.39, 0.29) is 5.75 Å². The number of carbonyl (C=O) groups is 2. The molecule has 1 aliphatic heterocycles. The Morgan fingerprint density at radius 2 is 2.23 bits per heavy atom. The number of alkyl halides is 3. The third-order valence-electron chi connectivity index (χ3n) is 2.58. The van der Waals surface area contributed by atoms with Crippen molar-refractivity contribution in [3.8, 4) is 0 Å². The highest BCUT2D eigenvalue weighted by molar-refractivity contribution is 8.00. The highest BCUT2D eigenvalue weighted by Crippen LogP contribution is 2.26. The molecule has 3 N–H and O–H groups in total. The van der Waals surface area contributed by atoms with Crippen molar-refractivity contribution in [2.75, 3.05) is 11.1 Å². The molecule has 1 saturated heterocycles. The largest absolute Gasteiger partial charge is 0.404 e. The molecule has 1 aliphatic rings. The van der Waals surface area contributed by atoms with Gasteiger partial charge in [0, 0.05) is 0 Å². The Bertz CT molecular complexity index is 565. The van der Waals surface area contributed by atoms with Gasteiger partial charge in [0.2, 0.25) is 16.9 Å². The Morgan fingerprint density at radius 1 is 1.50 bits per heavy atom. The summed E-state index contributed by atoms with van der Waals surface area (Å²) < 4.78 is 37.9. The molecule has 2 heterocycles. The van der Waals surface area contributed by atoms with Crippen molar-refractivity contribution in [1.29, 1.82) is 0 Å². The molecule has 0 spiro atoms. The highest BCUT2D eigenvalue weighted by atomic mass is 32.2. The van der Waals surface area contributed by atoms with E-state index >= 15 is 0 Å². The van der Waals surface area contributed by atoms with Gasteiger partial charge in [0.1, 0.15) is 16.5 Å². The van der Waals surface area contributed by atoms with Crippen molar-refractivity contribution in [1.82, 2.24) is 20.8 Å². The maximum Gasteiger partial charge on any atom is 0.404 e. The van der Waals surface area contributed by atoms with Crippen molar-refractivity contribution in [3.63, 3.8) is 0 Å². The Morgan fingerprint density at radius 3 is 2.82 bits per heavy atom. The SMILES string of the molecule is Cc1nnc(NC(=O)CSC2NC(=O)CC(C(F)(F)F)N2)s1. The average molecular weight is 355 g/mol. The lowest BCUT2D eigenvalue weighted by Gasteiger charge is -2.32. The molecule has 1 aromatic heterocycles. The number of aryl methyl sites for hydroxylation is 1. The summed E-state index contributed by atoms with van der Waals surface area (Å²) in [5, 5.41) is 15.5. The van der Waals surface area contributed by atoms with Crippen LogP contribution >= 0.6 is 23.1 Å². The molecular weight excluding hydrogens is 343 g/mol. The minimum absolute atomic E-state index is 0.138. The second-order valence-electron chi connectivity index (χ2n) is 4.40. The number of thioether (sulfide) groups is 1. The normalized spacial score (nSPS) is 22.3. The first-order valence-electron chi connectivity index (χ1n) is 6.08. The lowest BCUT2D eigenvalue weighted by atomic mass is 10.1. The Labute approximate surface area is 131 Å². The smallest absolute Gasteiger partial charge is 0.332 e. The lowest BCUT2D eigenvalue weighted by molar-refractivity contribution is -0.167. The first kappa shape index (κ1) is 17.0. The minimum atomic E-state index is -4.51. The second-order valence-corrected chi connectivity index (χ2v) is 6.67. The van der Waals surface area contributed by atoms with Crippen LogP contribution < -0.4 is 16.0 Å². The van der Waals surface area contributed by atoms with E-state index in [1.54, 1.807) is 6.92 Å². The standard InChI is InChI=1S/C10H12F3N5O2S2/c1-4-17-18-9(22-4)16-7(20)3-21-8-14-5(10(11,12)13)2-6(19)15-8/h5,8,14H,2-3H2,1H3,(H,15,19)(H,16,18,20). The summed E-state index contributed by atoms with van der Waals surface area (Å²) in [5.74, 6) is -1.29. The Balaban J connectivity index is 1.82. The van der Waals surface area contributed by atoms with Crippen LogP contribution in [0, 0.1) is 6.92 Å². The second kappa shape index (κ2) is 6.79. The van der Waals surface area contributed by atoms with Crippen LogP contribution in [0.3, 0.4) is 0 Å². The summed E-state index contributed by atoms with van der Waals surface area (Å²) in [5.41, 5.74) is -0.977. The molecular formula is C10H12F3N5O2S2. The molecule has 0 aliphatic carbocycles. The summed E-state index contributed by atoms with van der Waals surface area (Å²) in [6, 6.07) is -1.91. The molecule has 22 heavy (non-hydrogen) atoms. The molecule has 2 amide bonds. The molecule has 0 radical (unpaired) electrons. The Kier molecular flexibility index (Phi) is 5.24. The van der Waals surface area contributed by atoms with Gasteiger partial charge in [-0.2, -0.15) is 13.2 Å². The number of amides is 2. The van der Waals surface area contributed by atoms with Crippen molar-refractivity contribution >= 4 is 40.0 Å².